The highest BCUT2D eigenvalue weighted by atomic mass is 79.9. The Bertz CT molecular complexity index is 477. The van der Waals surface area contributed by atoms with Crippen LogP contribution in [0.1, 0.15) is 37.7 Å². The summed E-state index contributed by atoms with van der Waals surface area (Å²) in [6, 6.07) is 4.31. The number of benzene rings is 1. The van der Waals surface area contributed by atoms with Crippen LogP contribution in [0.4, 0.5) is 5.69 Å². The van der Waals surface area contributed by atoms with Gasteiger partial charge in [0.15, 0.2) is 0 Å². The third-order valence-corrected chi connectivity index (χ3v) is 4.65. The number of hydrogen-bond donors (Lipinski definition) is 1. The maximum Gasteiger partial charge on any atom is 0.0699 e. The second kappa shape index (κ2) is 6.93. The molecule has 19 heavy (non-hydrogen) atoms. The van der Waals surface area contributed by atoms with Crippen molar-refractivity contribution in [1.29, 1.82) is 0 Å². The summed E-state index contributed by atoms with van der Waals surface area (Å²) < 4.78 is 1.89. The van der Waals surface area contributed by atoms with Crippen molar-refractivity contribution < 1.29 is 0 Å². The molecule has 2 nitrogen and oxygen atoms in total. The van der Waals surface area contributed by atoms with Gasteiger partial charge in [0, 0.05) is 26.8 Å². The Morgan fingerprint density at radius 2 is 2.00 bits per heavy atom. The molecule has 0 heterocycles. The molecule has 0 saturated heterocycles. The molecule has 1 fully saturated rings. The zero-order chi connectivity index (χ0) is 13.8. The minimum atomic E-state index is 0.352. The standard InChI is InChI=1S/C14H17BBr2N2/c15-10-2-1-3-12(5-4-10)19-8-9-6-11(16)7-13(17)14(9)18/h6-8,10,12H,1-5,18H2. The van der Waals surface area contributed by atoms with Gasteiger partial charge < -0.3 is 5.73 Å². The summed E-state index contributed by atoms with van der Waals surface area (Å²) in [5, 5.41) is 0. The van der Waals surface area contributed by atoms with Crippen LogP contribution in [-0.2, 0) is 0 Å². The summed E-state index contributed by atoms with van der Waals surface area (Å²) in [5.74, 6) is 0.352. The van der Waals surface area contributed by atoms with E-state index in [4.69, 9.17) is 13.6 Å². The van der Waals surface area contributed by atoms with Crippen molar-refractivity contribution >= 4 is 51.6 Å². The molecule has 0 aromatic heterocycles. The lowest BCUT2D eigenvalue weighted by Crippen LogP contribution is -2.04. The fourth-order valence-electron chi connectivity index (χ4n) is 2.36. The first-order valence-corrected chi connectivity index (χ1v) is 8.18. The average Bonchev–Trinajstić information content (AvgIpc) is 2.57. The molecule has 2 rings (SSSR count). The molecule has 0 spiro atoms. The van der Waals surface area contributed by atoms with Crippen LogP contribution in [-0.4, -0.2) is 20.1 Å². The fraction of sp³-hybridized carbons (Fsp3) is 0.500. The average molecular weight is 384 g/mol. The van der Waals surface area contributed by atoms with E-state index in [1.807, 2.05) is 18.3 Å². The van der Waals surface area contributed by atoms with Gasteiger partial charge >= 0.3 is 0 Å². The second-order valence-corrected chi connectivity index (χ2v) is 6.86. The lowest BCUT2D eigenvalue weighted by Gasteiger charge is -2.09. The van der Waals surface area contributed by atoms with Crippen LogP contribution in [0.3, 0.4) is 0 Å². The van der Waals surface area contributed by atoms with Crippen molar-refractivity contribution in [1.82, 2.24) is 0 Å². The normalized spacial score (nSPS) is 24.5. The van der Waals surface area contributed by atoms with Gasteiger partial charge in [0.25, 0.3) is 0 Å². The maximum absolute atomic E-state index is 6.04. The Morgan fingerprint density at radius 3 is 2.79 bits per heavy atom. The minimum absolute atomic E-state index is 0.352. The lowest BCUT2D eigenvalue weighted by atomic mass is 9.81. The number of anilines is 1. The number of nitrogen functional groups attached to an aromatic ring is 1. The molecule has 1 aliphatic carbocycles. The zero-order valence-electron chi connectivity index (χ0n) is 10.8. The minimum Gasteiger partial charge on any atom is -0.397 e. The third kappa shape index (κ3) is 4.35. The van der Waals surface area contributed by atoms with Crippen LogP contribution in [0.5, 0.6) is 0 Å². The molecule has 5 heteroatoms. The first-order chi connectivity index (χ1) is 9.06. The van der Waals surface area contributed by atoms with Crippen molar-refractivity contribution in [2.24, 2.45) is 4.99 Å². The molecule has 1 aromatic rings. The summed E-state index contributed by atoms with van der Waals surface area (Å²) in [4.78, 5) is 4.69. The van der Waals surface area contributed by atoms with Gasteiger partial charge in [-0.3, -0.25) is 4.99 Å². The smallest absolute Gasteiger partial charge is 0.0699 e. The largest absolute Gasteiger partial charge is 0.397 e. The first kappa shape index (κ1) is 15.1. The summed E-state index contributed by atoms with van der Waals surface area (Å²) in [5.41, 5.74) is 7.73. The molecular formula is C14H17BBr2N2. The molecule has 1 aromatic carbocycles. The van der Waals surface area contributed by atoms with Crippen LogP contribution in [0, 0.1) is 0 Å². The first-order valence-electron chi connectivity index (χ1n) is 6.59. The van der Waals surface area contributed by atoms with Crippen molar-refractivity contribution in [3.8, 4) is 0 Å². The number of aliphatic imine (C=N–C) groups is 1. The van der Waals surface area contributed by atoms with E-state index in [2.05, 4.69) is 36.9 Å². The predicted octanol–water partition coefficient (Wildman–Crippen LogP) is 4.50. The molecule has 100 valence electrons. The number of hydrogen-bond acceptors (Lipinski definition) is 2. The monoisotopic (exact) mass is 382 g/mol. The van der Waals surface area contributed by atoms with Gasteiger partial charge in [-0.05, 0) is 40.9 Å². The molecule has 1 aliphatic rings. The van der Waals surface area contributed by atoms with E-state index in [1.54, 1.807) is 0 Å². The van der Waals surface area contributed by atoms with E-state index in [-0.39, 0.29) is 0 Å². The fourth-order valence-corrected chi connectivity index (χ4v) is 3.62. The quantitative estimate of drug-likeness (QED) is 0.347. The Kier molecular flexibility index (Phi) is 5.52. The summed E-state index contributed by atoms with van der Waals surface area (Å²) in [6.45, 7) is 0. The van der Waals surface area contributed by atoms with Crippen LogP contribution in [0.2, 0.25) is 5.82 Å². The van der Waals surface area contributed by atoms with Gasteiger partial charge in [-0.25, -0.2) is 0 Å². The van der Waals surface area contributed by atoms with Gasteiger partial charge in [-0.1, -0.05) is 41.0 Å². The summed E-state index contributed by atoms with van der Waals surface area (Å²) in [7, 11) is 5.98. The van der Waals surface area contributed by atoms with E-state index in [0.29, 0.717) is 11.9 Å². The van der Waals surface area contributed by atoms with E-state index < -0.39 is 0 Å². The highest BCUT2D eigenvalue weighted by Crippen LogP contribution is 2.29. The molecule has 2 radical (unpaired) electrons. The van der Waals surface area contributed by atoms with Gasteiger partial charge in [0.05, 0.1) is 13.5 Å². The van der Waals surface area contributed by atoms with Crippen molar-refractivity contribution in [3.63, 3.8) is 0 Å². The Labute approximate surface area is 132 Å². The van der Waals surface area contributed by atoms with E-state index in [9.17, 15) is 0 Å². The van der Waals surface area contributed by atoms with Crippen molar-refractivity contribution in [2.45, 2.75) is 44.0 Å². The highest BCUT2D eigenvalue weighted by molar-refractivity contribution is 9.11. The van der Waals surface area contributed by atoms with E-state index in [0.717, 1.165) is 45.9 Å². The van der Waals surface area contributed by atoms with E-state index >= 15 is 0 Å². The van der Waals surface area contributed by atoms with Gasteiger partial charge in [-0.2, -0.15) is 0 Å². The molecular weight excluding hydrogens is 367 g/mol. The number of rotatable bonds is 2. The molecule has 2 atom stereocenters. The molecule has 1 saturated carbocycles. The number of nitrogens with two attached hydrogens (primary N) is 1. The second-order valence-electron chi connectivity index (χ2n) is 5.09. The number of halogens is 2. The van der Waals surface area contributed by atoms with Crippen LogP contribution in [0.15, 0.2) is 26.1 Å². The summed E-state index contributed by atoms with van der Waals surface area (Å²) >= 11 is 6.92. The topological polar surface area (TPSA) is 38.4 Å². The van der Waals surface area contributed by atoms with Crippen molar-refractivity contribution in [2.75, 3.05) is 5.73 Å². The molecule has 0 amide bonds. The van der Waals surface area contributed by atoms with Gasteiger partial charge in [0.2, 0.25) is 0 Å². The predicted molar refractivity (Wildman–Crippen MR) is 90.2 cm³/mol. The van der Waals surface area contributed by atoms with Crippen molar-refractivity contribution in [3.05, 3.63) is 26.6 Å². The SMILES string of the molecule is [B]C1CCCC(N=Cc2cc(Br)cc(Br)c2N)CC1. The van der Waals surface area contributed by atoms with Crippen LogP contribution >= 0.6 is 31.9 Å². The molecule has 0 aliphatic heterocycles. The highest BCUT2D eigenvalue weighted by Gasteiger charge is 2.14. The van der Waals surface area contributed by atoms with E-state index in [1.165, 1.54) is 6.42 Å². The molecule has 0 bridgehead atoms. The number of nitrogens with zero attached hydrogens (tertiary/aromatic N) is 1. The van der Waals surface area contributed by atoms with Gasteiger partial charge in [-0.15, -0.1) is 0 Å². The Morgan fingerprint density at radius 1 is 1.21 bits per heavy atom. The Hall–Kier alpha value is -0.285. The molecule has 2 N–H and O–H groups in total. The van der Waals surface area contributed by atoms with Gasteiger partial charge in [0.1, 0.15) is 0 Å². The van der Waals surface area contributed by atoms with Crippen LogP contribution in [0.25, 0.3) is 0 Å². The zero-order valence-corrected chi connectivity index (χ0v) is 14.0. The summed E-state index contributed by atoms with van der Waals surface area (Å²) in [6.07, 6.45) is 7.45. The maximum atomic E-state index is 6.04. The third-order valence-electron chi connectivity index (χ3n) is 3.53. The van der Waals surface area contributed by atoms with Crippen LogP contribution < -0.4 is 5.73 Å². The molecule has 2 unspecified atom stereocenters. The lowest BCUT2D eigenvalue weighted by molar-refractivity contribution is 0.588. The Balaban J connectivity index is 2.10.